The van der Waals surface area contributed by atoms with Gasteiger partial charge in [0.05, 0.1) is 0 Å². The van der Waals surface area contributed by atoms with Gasteiger partial charge in [-0.1, -0.05) is 32.0 Å². The van der Waals surface area contributed by atoms with Crippen LogP contribution in [0.4, 0.5) is 0 Å². The Morgan fingerprint density at radius 3 is 2.89 bits per heavy atom. The Labute approximate surface area is 113 Å². The van der Waals surface area contributed by atoms with Crippen molar-refractivity contribution in [3.05, 3.63) is 36.0 Å². The van der Waals surface area contributed by atoms with E-state index in [4.69, 9.17) is 0 Å². The number of hydrogen-bond donors (Lipinski definition) is 1. The highest BCUT2D eigenvalue weighted by molar-refractivity contribution is 5.98. The van der Waals surface area contributed by atoms with Crippen molar-refractivity contribution in [2.24, 2.45) is 5.92 Å². The number of fused-ring (bicyclic) bond motifs is 1. The largest absolute Gasteiger partial charge is 0.351 e. The van der Waals surface area contributed by atoms with Gasteiger partial charge in [-0.3, -0.25) is 4.79 Å². The molecule has 1 aromatic carbocycles. The van der Waals surface area contributed by atoms with Gasteiger partial charge in [0.1, 0.15) is 5.69 Å². The zero-order valence-electron chi connectivity index (χ0n) is 11.5. The van der Waals surface area contributed by atoms with Crippen molar-refractivity contribution in [3.8, 4) is 0 Å². The van der Waals surface area contributed by atoms with E-state index in [1.165, 1.54) is 0 Å². The van der Waals surface area contributed by atoms with Gasteiger partial charge < -0.3 is 9.88 Å². The first-order valence-electron chi connectivity index (χ1n) is 7.05. The molecule has 2 heterocycles. The van der Waals surface area contributed by atoms with Crippen molar-refractivity contribution < 1.29 is 4.79 Å². The molecule has 3 nitrogen and oxygen atoms in total. The van der Waals surface area contributed by atoms with Crippen molar-refractivity contribution in [2.75, 3.05) is 6.54 Å². The lowest BCUT2D eigenvalue weighted by Crippen LogP contribution is -2.38. The minimum atomic E-state index is 0.146. The molecule has 1 aromatic heterocycles. The molecule has 1 saturated heterocycles. The highest BCUT2D eigenvalue weighted by atomic mass is 16.2. The number of H-pyrrole nitrogens is 1. The van der Waals surface area contributed by atoms with Crippen LogP contribution in [0.1, 0.15) is 37.2 Å². The highest BCUT2D eigenvalue weighted by Crippen LogP contribution is 2.26. The van der Waals surface area contributed by atoms with Gasteiger partial charge in [0.2, 0.25) is 0 Å². The molecule has 1 fully saturated rings. The summed E-state index contributed by atoms with van der Waals surface area (Å²) in [6.07, 6.45) is 2.25. The number of hydrogen-bond acceptors (Lipinski definition) is 1. The third kappa shape index (κ3) is 2.14. The van der Waals surface area contributed by atoms with E-state index in [0.29, 0.717) is 17.7 Å². The first kappa shape index (κ1) is 12.3. The van der Waals surface area contributed by atoms with E-state index in [1.807, 2.05) is 35.2 Å². The van der Waals surface area contributed by atoms with Crippen LogP contribution in [0.2, 0.25) is 0 Å². The Kier molecular flexibility index (Phi) is 3.05. The fraction of sp³-hybridized carbons (Fsp3) is 0.438. The molecule has 0 radical (unpaired) electrons. The third-order valence-corrected chi connectivity index (χ3v) is 4.09. The lowest BCUT2D eigenvalue weighted by atomic mass is 10.0. The molecule has 2 aromatic rings. The number of carbonyl (C=O) groups is 1. The summed E-state index contributed by atoms with van der Waals surface area (Å²) in [5, 5.41) is 1.10. The molecule has 3 heteroatoms. The molecule has 1 aliphatic rings. The number of likely N-dealkylation sites (tertiary alicyclic amines) is 1. The average Bonchev–Trinajstić information content (AvgIpc) is 3.04. The second-order valence-corrected chi connectivity index (χ2v) is 5.72. The summed E-state index contributed by atoms with van der Waals surface area (Å²) in [6.45, 7) is 5.28. The second-order valence-electron chi connectivity index (χ2n) is 5.72. The molecular weight excluding hydrogens is 236 g/mol. The Morgan fingerprint density at radius 1 is 1.37 bits per heavy atom. The van der Waals surface area contributed by atoms with Gasteiger partial charge in [-0.25, -0.2) is 0 Å². The monoisotopic (exact) mass is 256 g/mol. The van der Waals surface area contributed by atoms with Crippen LogP contribution in [0, 0.1) is 5.92 Å². The van der Waals surface area contributed by atoms with Crippen molar-refractivity contribution in [1.29, 1.82) is 0 Å². The number of carbonyl (C=O) groups excluding carboxylic acids is 1. The minimum Gasteiger partial charge on any atom is -0.351 e. The predicted octanol–water partition coefficient (Wildman–Crippen LogP) is 3.43. The van der Waals surface area contributed by atoms with Crippen molar-refractivity contribution in [2.45, 2.75) is 32.7 Å². The molecule has 1 aliphatic heterocycles. The number of aromatic amines is 1. The van der Waals surface area contributed by atoms with Crippen molar-refractivity contribution >= 4 is 16.8 Å². The molecule has 0 saturated carbocycles. The molecule has 3 rings (SSSR count). The van der Waals surface area contributed by atoms with E-state index in [1.54, 1.807) is 0 Å². The van der Waals surface area contributed by atoms with Crippen LogP contribution in [-0.2, 0) is 0 Å². The Morgan fingerprint density at radius 2 is 2.16 bits per heavy atom. The van der Waals surface area contributed by atoms with Gasteiger partial charge in [0.15, 0.2) is 0 Å². The van der Waals surface area contributed by atoms with Gasteiger partial charge in [-0.2, -0.15) is 0 Å². The number of rotatable bonds is 2. The van der Waals surface area contributed by atoms with Crippen LogP contribution in [0.25, 0.3) is 10.9 Å². The van der Waals surface area contributed by atoms with Gasteiger partial charge in [0.25, 0.3) is 5.91 Å². The van der Waals surface area contributed by atoms with Crippen molar-refractivity contribution in [1.82, 2.24) is 9.88 Å². The van der Waals surface area contributed by atoms with E-state index < -0.39 is 0 Å². The fourth-order valence-electron chi connectivity index (χ4n) is 3.08. The SMILES string of the molecule is CC(C)C1CCCN1C(=O)c1cc2ccccc2[nH]1. The first-order chi connectivity index (χ1) is 9.16. The highest BCUT2D eigenvalue weighted by Gasteiger charge is 2.31. The van der Waals surface area contributed by atoms with Crippen LogP contribution in [-0.4, -0.2) is 28.4 Å². The molecule has 100 valence electrons. The predicted molar refractivity (Wildman–Crippen MR) is 77.2 cm³/mol. The molecular formula is C16H20N2O. The van der Waals surface area contributed by atoms with Crippen LogP contribution in [0.5, 0.6) is 0 Å². The summed E-state index contributed by atoms with van der Waals surface area (Å²) < 4.78 is 0. The van der Waals surface area contributed by atoms with E-state index in [-0.39, 0.29) is 5.91 Å². The van der Waals surface area contributed by atoms with E-state index in [0.717, 1.165) is 30.3 Å². The molecule has 0 spiro atoms. The molecule has 1 N–H and O–H groups in total. The summed E-state index contributed by atoms with van der Waals surface area (Å²) in [4.78, 5) is 17.9. The van der Waals surface area contributed by atoms with E-state index >= 15 is 0 Å². The van der Waals surface area contributed by atoms with Crippen LogP contribution in [0.15, 0.2) is 30.3 Å². The molecule has 1 atom stereocenters. The Hall–Kier alpha value is -1.77. The Bertz CT molecular complexity index is 567. The number of nitrogens with one attached hydrogen (secondary N) is 1. The standard InChI is InChI=1S/C16H20N2O/c1-11(2)15-8-5-9-18(15)16(19)14-10-12-6-3-4-7-13(12)17-14/h3-4,6-7,10-11,15,17H,5,8-9H2,1-2H3. The molecule has 0 aliphatic carbocycles. The maximum atomic E-state index is 12.6. The quantitative estimate of drug-likeness (QED) is 0.878. The number of benzene rings is 1. The summed E-state index contributed by atoms with van der Waals surface area (Å²) in [5.74, 6) is 0.670. The van der Waals surface area contributed by atoms with Gasteiger partial charge in [-0.15, -0.1) is 0 Å². The maximum absolute atomic E-state index is 12.6. The zero-order chi connectivity index (χ0) is 13.4. The lowest BCUT2D eigenvalue weighted by Gasteiger charge is -2.27. The molecule has 1 unspecified atom stereocenters. The van der Waals surface area contributed by atoms with Gasteiger partial charge >= 0.3 is 0 Å². The normalized spacial score (nSPS) is 19.5. The lowest BCUT2D eigenvalue weighted by molar-refractivity contribution is 0.0696. The summed E-state index contributed by atoms with van der Waals surface area (Å²) >= 11 is 0. The second kappa shape index (κ2) is 4.72. The molecule has 0 bridgehead atoms. The fourth-order valence-corrected chi connectivity index (χ4v) is 3.08. The third-order valence-electron chi connectivity index (χ3n) is 4.09. The number of aromatic nitrogens is 1. The number of para-hydroxylation sites is 1. The van der Waals surface area contributed by atoms with Gasteiger partial charge in [-0.05, 0) is 30.9 Å². The average molecular weight is 256 g/mol. The Balaban J connectivity index is 1.91. The summed E-state index contributed by atoms with van der Waals surface area (Å²) in [5.41, 5.74) is 1.75. The molecule has 19 heavy (non-hydrogen) atoms. The van der Waals surface area contributed by atoms with E-state index in [2.05, 4.69) is 18.8 Å². The zero-order valence-corrected chi connectivity index (χ0v) is 11.5. The topological polar surface area (TPSA) is 36.1 Å². The number of amides is 1. The minimum absolute atomic E-state index is 0.146. The number of nitrogens with zero attached hydrogens (tertiary/aromatic N) is 1. The van der Waals surface area contributed by atoms with Crippen LogP contribution in [0.3, 0.4) is 0 Å². The van der Waals surface area contributed by atoms with E-state index in [9.17, 15) is 4.79 Å². The first-order valence-corrected chi connectivity index (χ1v) is 7.05. The van der Waals surface area contributed by atoms with Gasteiger partial charge in [0, 0.05) is 23.5 Å². The maximum Gasteiger partial charge on any atom is 0.270 e. The summed E-state index contributed by atoms with van der Waals surface area (Å²) in [6, 6.07) is 10.4. The van der Waals surface area contributed by atoms with Crippen LogP contribution >= 0.6 is 0 Å². The smallest absolute Gasteiger partial charge is 0.270 e. The van der Waals surface area contributed by atoms with Crippen LogP contribution < -0.4 is 0 Å². The molecule has 1 amide bonds. The summed E-state index contributed by atoms with van der Waals surface area (Å²) in [7, 11) is 0. The van der Waals surface area contributed by atoms with Crippen molar-refractivity contribution in [3.63, 3.8) is 0 Å².